The Morgan fingerprint density at radius 3 is 2.20 bits per heavy atom. The van der Waals surface area contributed by atoms with Crippen molar-refractivity contribution in [1.82, 2.24) is 25.8 Å². The Hall–Kier alpha value is -7.82. The number of aryl methyl sites for hydroxylation is 1. The maximum Gasteiger partial charge on any atom is 0.262 e. The molecule has 0 bridgehead atoms. The Balaban J connectivity index is 0.770. The Bertz CT molecular complexity index is 2570. The first kappa shape index (κ1) is 43.8. The topological polar surface area (TPSA) is 245 Å². The number of para-hydroxylation sites is 1. The van der Waals surface area contributed by atoms with Crippen molar-refractivity contribution in [3.63, 3.8) is 0 Å². The van der Waals surface area contributed by atoms with Crippen LogP contribution in [-0.2, 0) is 30.4 Å². The van der Waals surface area contributed by atoms with E-state index in [4.69, 9.17) is 15.9 Å². The summed E-state index contributed by atoms with van der Waals surface area (Å²) in [5, 5.41) is 23.6. The quantitative estimate of drug-likeness (QED) is 0.0546. The van der Waals surface area contributed by atoms with Crippen molar-refractivity contribution < 1.29 is 38.3 Å². The van der Waals surface area contributed by atoms with Crippen molar-refractivity contribution in [2.24, 2.45) is 11.7 Å². The van der Waals surface area contributed by atoms with E-state index in [0.717, 1.165) is 29.7 Å². The molecule has 4 aliphatic rings. The largest absolute Gasteiger partial charge is 0.457 e. The number of hydrogen-bond donors (Lipinski definition) is 7. The molecule has 2 atom stereocenters. The molecule has 4 aromatic carbocycles. The van der Waals surface area contributed by atoms with Crippen molar-refractivity contribution >= 4 is 58.4 Å². The second kappa shape index (κ2) is 19.3. The number of nitrogens with zero attached hydrogens (tertiary/aromatic N) is 2. The average molecular weight is 880 g/mol. The minimum absolute atomic E-state index is 0.00413. The maximum atomic E-state index is 13.3. The van der Waals surface area contributed by atoms with Gasteiger partial charge in [0.05, 0.1) is 23.4 Å². The summed E-state index contributed by atoms with van der Waals surface area (Å²) in [6.07, 6.45) is 3.35. The van der Waals surface area contributed by atoms with Crippen LogP contribution in [0.4, 0.5) is 11.4 Å². The van der Waals surface area contributed by atoms with Gasteiger partial charge in [-0.25, -0.2) is 0 Å². The molecule has 334 valence electrons. The number of benzene rings is 4. The summed E-state index contributed by atoms with van der Waals surface area (Å²) in [4.78, 5) is 91.6. The predicted octanol–water partition coefficient (Wildman–Crippen LogP) is 3.82. The molecule has 1 unspecified atom stereocenters. The fraction of sp³-hybridized carbons (Fsp3) is 0.292. The molecule has 0 aliphatic carbocycles. The molecule has 65 heavy (non-hydrogen) atoms. The fourth-order valence-corrected chi connectivity index (χ4v) is 8.69. The lowest BCUT2D eigenvalue weighted by atomic mass is 9.86. The molecule has 0 saturated carbocycles. The third-order valence-corrected chi connectivity index (χ3v) is 12.2. The molecule has 0 radical (unpaired) electrons. The van der Waals surface area contributed by atoms with Crippen molar-refractivity contribution in [3.8, 4) is 11.5 Å². The van der Waals surface area contributed by atoms with Crippen molar-refractivity contribution in [2.45, 2.75) is 57.0 Å². The molecule has 17 heteroatoms. The minimum Gasteiger partial charge on any atom is -0.457 e. The van der Waals surface area contributed by atoms with Gasteiger partial charge in [0.25, 0.3) is 17.7 Å². The number of piperidine rings is 2. The monoisotopic (exact) mass is 879 g/mol. The Labute approximate surface area is 374 Å². The molecule has 0 aromatic heterocycles. The summed E-state index contributed by atoms with van der Waals surface area (Å²) in [5.74, 6) is -1.37. The van der Waals surface area contributed by atoms with Crippen LogP contribution in [0, 0.1) is 11.3 Å². The first-order chi connectivity index (χ1) is 31.4. The van der Waals surface area contributed by atoms with Crippen molar-refractivity contribution in [2.75, 3.05) is 36.8 Å². The Kier molecular flexibility index (Phi) is 13.0. The van der Waals surface area contributed by atoms with E-state index in [2.05, 4.69) is 26.6 Å². The van der Waals surface area contributed by atoms with Crippen LogP contribution in [0.25, 0.3) is 0 Å². The highest BCUT2D eigenvalue weighted by molar-refractivity contribution is 6.27. The highest BCUT2D eigenvalue weighted by atomic mass is 16.5. The molecule has 4 heterocycles. The number of ether oxygens (including phenoxy) is 1. The number of nitrogens with two attached hydrogens (primary N) is 1. The zero-order chi connectivity index (χ0) is 45.6. The Morgan fingerprint density at radius 2 is 1.49 bits per heavy atom. The van der Waals surface area contributed by atoms with Gasteiger partial charge in [0, 0.05) is 55.5 Å². The highest BCUT2D eigenvalue weighted by Crippen LogP contribution is 2.30. The summed E-state index contributed by atoms with van der Waals surface area (Å²) in [5.41, 5.74) is 8.65. The van der Waals surface area contributed by atoms with Gasteiger partial charge in [0.1, 0.15) is 28.9 Å². The number of nitrogens with one attached hydrogen (secondary N) is 6. The number of primary amides is 1. The van der Waals surface area contributed by atoms with Gasteiger partial charge in [-0.05, 0) is 110 Å². The second-order valence-corrected chi connectivity index (χ2v) is 16.4. The first-order valence-corrected chi connectivity index (χ1v) is 21.6. The van der Waals surface area contributed by atoms with E-state index in [1.807, 2.05) is 47.4 Å². The molecule has 8 rings (SSSR count). The molecule has 4 aromatic rings. The number of imide groups is 2. The highest BCUT2D eigenvalue weighted by Gasteiger charge is 2.44. The summed E-state index contributed by atoms with van der Waals surface area (Å²) < 4.78 is 5.87. The van der Waals surface area contributed by atoms with Crippen LogP contribution in [0.2, 0.25) is 0 Å². The van der Waals surface area contributed by atoms with Crippen LogP contribution in [0.15, 0.2) is 108 Å². The summed E-state index contributed by atoms with van der Waals surface area (Å²) >= 11 is 0. The van der Waals surface area contributed by atoms with Gasteiger partial charge in [0.15, 0.2) is 0 Å². The van der Waals surface area contributed by atoms with Gasteiger partial charge in [-0.3, -0.25) is 49.2 Å². The normalized spacial score (nSPS) is 19.3. The SMILES string of the molecule is N=C(/C(C(N)=O)=C1/NCC[C@@H](C2CCN(C(=O)CCc3ccc(NC(=O)CNc4ccc5c(c4)C(=O)N(C4CCC(=O)NC4=O)C5=O)cc3)CC2)N1)c1ccc(Oc2ccccc2)cc1. The number of rotatable bonds is 14. The third-order valence-electron chi connectivity index (χ3n) is 12.2. The van der Waals surface area contributed by atoms with Gasteiger partial charge in [-0.2, -0.15) is 0 Å². The number of likely N-dealkylation sites (tertiary alicyclic amines) is 1. The zero-order valence-corrected chi connectivity index (χ0v) is 35.5. The van der Waals surface area contributed by atoms with Gasteiger partial charge in [-0.1, -0.05) is 30.3 Å². The van der Waals surface area contributed by atoms with Gasteiger partial charge in [0.2, 0.25) is 23.6 Å². The van der Waals surface area contributed by atoms with E-state index >= 15 is 0 Å². The Morgan fingerprint density at radius 1 is 0.800 bits per heavy atom. The van der Waals surface area contributed by atoms with Crippen molar-refractivity contribution in [1.29, 1.82) is 5.41 Å². The fourth-order valence-electron chi connectivity index (χ4n) is 8.69. The number of carbonyl (C=O) groups is 7. The van der Waals surface area contributed by atoms with E-state index in [-0.39, 0.29) is 65.6 Å². The zero-order valence-electron chi connectivity index (χ0n) is 35.5. The number of anilines is 2. The van der Waals surface area contributed by atoms with Crippen LogP contribution in [-0.4, -0.2) is 95.1 Å². The third kappa shape index (κ3) is 10.0. The van der Waals surface area contributed by atoms with E-state index in [0.29, 0.717) is 66.7 Å². The predicted molar refractivity (Wildman–Crippen MR) is 240 cm³/mol. The second-order valence-electron chi connectivity index (χ2n) is 16.4. The van der Waals surface area contributed by atoms with Crippen LogP contribution in [0.3, 0.4) is 0 Å². The average Bonchev–Trinajstić information content (AvgIpc) is 3.56. The lowest BCUT2D eigenvalue weighted by Crippen LogP contribution is -2.54. The molecular formula is C48H49N9O8. The lowest BCUT2D eigenvalue weighted by molar-refractivity contribution is -0.136. The van der Waals surface area contributed by atoms with E-state index in [1.54, 1.807) is 42.5 Å². The lowest BCUT2D eigenvalue weighted by Gasteiger charge is -2.39. The van der Waals surface area contributed by atoms with Gasteiger partial charge >= 0.3 is 0 Å². The van der Waals surface area contributed by atoms with Gasteiger partial charge < -0.3 is 36.6 Å². The summed E-state index contributed by atoms with van der Waals surface area (Å²) in [6, 6.07) is 27.1. The molecule has 7 amide bonds. The first-order valence-electron chi connectivity index (χ1n) is 21.6. The van der Waals surface area contributed by atoms with E-state index in [1.165, 1.54) is 12.1 Å². The van der Waals surface area contributed by atoms with Crippen LogP contribution in [0.1, 0.15) is 70.4 Å². The molecule has 8 N–H and O–H groups in total. The summed E-state index contributed by atoms with van der Waals surface area (Å²) in [7, 11) is 0. The maximum absolute atomic E-state index is 13.3. The number of carbonyl (C=O) groups excluding carboxylic acids is 7. The minimum atomic E-state index is -1.07. The molecule has 0 spiro atoms. The number of fused-ring (bicyclic) bond motifs is 1. The van der Waals surface area contributed by atoms with Crippen LogP contribution >= 0.6 is 0 Å². The van der Waals surface area contributed by atoms with Crippen LogP contribution in [0.5, 0.6) is 11.5 Å². The molecule has 17 nitrogen and oxygen atoms in total. The van der Waals surface area contributed by atoms with Crippen molar-refractivity contribution in [3.05, 3.63) is 131 Å². The number of amides is 7. The standard InChI is InChI=1S/C48H49N9O8/c49-43(30-9-14-34(15-10-30)65-33-4-2-1-3-5-33)42(44(50)61)45-51-23-20-37(54-45)29-21-24-56(25-22-29)41(60)19-8-28-6-11-31(12-7-28)53-40(59)27-52-32-13-16-35-36(26-32)48(64)57(47(35)63)38-17-18-39(58)55-46(38)62/h1-7,9-16,26,29,37-38,49,51-52,54H,8,17-25,27H2,(H2,50,61)(H,53,59)(H,55,58,62)/b45-42+,49-43?/t37-,38?/m0/s1. The smallest absolute Gasteiger partial charge is 0.262 e. The van der Waals surface area contributed by atoms with E-state index in [9.17, 15) is 33.6 Å². The van der Waals surface area contributed by atoms with Gasteiger partial charge in [-0.15, -0.1) is 0 Å². The number of hydrogen-bond acceptors (Lipinski definition) is 12. The summed E-state index contributed by atoms with van der Waals surface area (Å²) in [6.45, 7) is 1.71. The molecule has 4 aliphatic heterocycles. The molecular weight excluding hydrogens is 831 g/mol. The molecule has 3 saturated heterocycles. The van der Waals surface area contributed by atoms with E-state index < -0.39 is 35.6 Å². The molecule has 3 fully saturated rings. The van der Waals surface area contributed by atoms with Crippen LogP contribution < -0.4 is 37.1 Å².